The van der Waals surface area contributed by atoms with Crippen LogP contribution in [-0.2, 0) is 6.42 Å². The summed E-state index contributed by atoms with van der Waals surface area (Å²) < 4.78 is 5.04. The van der Waals surface area contributed by atoms with Crippen molar-refractivity contribution in [1.29, 1.82) is 0 Å². The lowest BCUT2D eigenvalue weighted by molar-refractivity contribution is 0.0940. The van der Waals surface area contributed by atoms with Crippen LogP contribution in [-0.4, -0.2) is 11.9 Å². The second-order valence-corrected chi connectivity index (χ2v) is 5.27. The average molecular weight is 279 g/mol. The molecule has 21 heavy (non-hydrogen) atoms. The Bertz CT molecular complexity index is 747. The Balaban J connectivity index is 1.71. The van der Waals surface area contributed by atoms with Crippen LogP contribution in [0, 0.1) is 0 Å². The third-order valence-electron chi connectivity index (χ3n) is 3.51. The fourth-order valence-electron chi connectivity index (χ4n) is 2.45. The monoisotopic (exact) mass is 279 g/mol. The summed E-state index contributed by atoms with van der Waals surface area (Å²) in [6, 6.07) is 15.8. The Hall–Kier alpha value is -2.55. The van der Waals surface area contributed by atoms with Crippen molar-refractivity contribution in [3.63, 3.8) is 0 Å². The number of rotatable bonds is 4. The number of hydrogen-bond acceptors (Lipinski definition) is 2. The van der Waals surface area contributed by atoms with E-state index < -0.39 is 0 Å². The molecule has 0 radical (unpaired) electrons. The summed E-state index contributed by atoms with van der Waals surface area (Å²) in [5, 5.41) is 5.23. The maximum atomic E-state index is 12.3. The van der Waals surface area contributed by atoms with Crippen LogP contribution in [0.15, 0.2) is 65.5 Å². The van der Waals surface area contributed by atoms with Crippen molar-refractivity contribution in [2.24, 2.45) is 0 Å². The van der Waals surface area contributed by atoms with Crippen molar-refractivity contribution in [2.45, 2.75) is 19.4 Å². The van der Waals surface area contributed by atoms with Crippen LogP contribution >= 0.6 is 0 Å². The van der Waals surface area contributed by atoms with Crippen LogP contribution in [0.3, 0.4) is 0 Å². The summed E-state index contributed by atoms with van der Waals surface area (Å²) in [6.07, 6.45) is 4.11. The molecule has 3 rings (SSSR count). The first-order chi connectivity index (χ1) is 10.2. The molecule has 3 heteroatoms. The number of carbonyl (C=O) groups excluding carboxylic acids is 1. The smallest absolute Gasteiger partial charge is 0.251 e. The zero-order valence-electron chi connectivity index (χ0n) is 11.9. The Morgan fingerprint density at radius 2 is 1.95 bits per heavy atom. The van der Waals surface area contributed by atoms with Gasteiger partial charge < -0.3 is 9.73 Å². The molecular formula is C18H17NO2. The van der Waals surface area contributed by atoms with Gasteiger partial charge in [-0.15, -0.1) is 0 Å². The number of fused-ring (bicyclic) bond motifs is 1. The van der Waals surface area contributed by atoms with E-state index in [2.05, 4.69) is 5.32 Å². The molecule has 0 aliphatic carbocycles. The summed E-state index contributed by atoms with van der Waals surface area (Å²) in [5.41, 5.74) is 1.77. The second kappa shape index (κ2) is 5.83. The summed E-state index contributed by atoms with van der Waals surface area (Å²) in [4.78, 5) is 12.3. The van der Waals surface area contributed by atoms with Crippen molar-refractivity contribution >= 4 is 16.7 Å². The second-order valence-electron chi connectivity index (χ2n) is 5.27. The normalized spacial score (nSPS) is 12.2. The van der Waals surface area contributed by atoms with Gasteiger partial charge in [0.25, 0.3) is 5.91 Å². The molecule has 0 fully saturated rings. The minimum atomic E-state index is -0.0447. The third-order valence-corrected chi connectivity index (χ3v) is 3.51. The quantitative estimate of drug-likeness (QED) is 0.789. The first kappa shape index (κ1) is 13.4. The van der Waals surface area contributed by atoms with Gasteiger partial charge in [0.2, 0.25) is 0 Å². The standard InChI is InChI=1S/C18H17NO2/c1-13(10-14-8-9-21-12-14)19-18(20)17-7-6-15-4-2-3-5-16(15)11-17/h2-9,11-13H,10H2,1H3,(H,19,20)/t13-/m1/s1. The lowest BCUT2D eigenvalue weighted by atomic mass is 10.1. The van der Waals surface area contributed by atoms with Crippen molar-refractivity contribution in [3.8, 4) is 0 Å². The van der Waals surface area contributed by atoms with E-state index in [1.807, 2.05) is 55.5 Å². The highest BCUT2D eigenvalue weighted by atomic mass is 16.3. The third kappa shape index (κ3) is 3.14. The molecule has 3 aromatic rings. The minimum absolute atomic E-state index is 0.0447. The van der Waals surface area contributed by atoms with Gasteiger partial charge in [0.15, 0.2) is 0 Å². The van der Waals surface area contributed by atoms with Crippen molar-refractivity contribution in [2.75, 3.05) is 0 Å². The van der Waals surface area contributed by atoms with E-state index in [0.29, 0.717) is 5.56 Å². The van der Waals surface area contributed by atoms with Crippen LogP contribution in [0.25, 0.3) is 10.8 Å². The van der Waals surface area contributed by atoms with Gasteiger partial charge in [0.1, 0.15) is 0 Å². The Kier molecular flexibility index (Phi) is 3.73. The molecule has 0 saturated carbocycles. The molecule has 1 amide bonds. The molecule has 1 N–H and O–H groups in total. The van der Waals surface area contributed by atoms with E-state index in [4.69, 9.17) is 4.42 Å². The first-order valence-corrected chi connectivity index (χ1v) is 7.03. The van der Waals surface area contributed by atoms with Crippen LogP contribution < -0.4 is 5.32 Å². The Morgan fingerprint density at radius 1 is 1.14 bits per heavy atom. The highest BCUT2D eigenvalue weighted by molar-refractivity contribution is 5.98. The van der Waals surface area contributed by atoms with E-state index in [1.165, 1.54) is 0 Å². The number of carbonyl (C=O) groups is 1. The molecule has 0 saturated heterocycles. The van der Waals surface area contributed by atoms with Gasteiger partial charge in [-0.05, 0) is 47.9 Å². The molecule has 0 unspecified atom stereocenters. The molecule has 3 nitrogen and oxygen atoms in total. The lowest BCUT2D eigenvalue weighted by Gasteiger charge is -2.13. The van der Waals surface area contributed by atoms with E-state index in [1.54, 1.807) is 12.5 Å². The molecule has 0 spiro atoms. The molecule has 0 aliphatic rings. The molecular weight excluding hydrogens is 262 g/mol. The molecule has 1 aromatic heterocycles. The first-order valence-electron chi connectivity index (χ1n) is 7.03. The topological polar surface area (TPSA) is 42.2 Å². The van der Waals surface area contributed by atoms with Gasteiger partial charge in [0, 0.05) is 11.6 Å². The van der Waals surface area contributed by atoms with E-state index >= 15 is 0 Å². The summed E-state index contributed by atoms with van der Waals surface area (Å²) in [7, 11) is 0. The van der Waals surface area contributed by atoms with E-state index in [0.717, 1.165) is 22.8 Å². The maximum absolute atomic E-state index is 12.3. The van der Waals surface area contributed by atoms with Gasteiger partial charge >= 0.3 is 0 Å². The van der Waals surface area contributed by atoms with Gasteiger partial charge in [-0.3, -0.25) is 4.79 Å². The van der Waals surface area contributed by atoms with Crippen LogP contribution in [0.5, 0.6) is 0 Å². The van der Waals surface area contributed by atoms with Crippen LogP contribution in [0.4, 0.5) is 0 Å². The van der Waals surface area contributed by atoms with Crippen LogP contribution in [0.1, 0.15) is 22.8 Å². The molecule has 106 valence electrons. The SMILES string of the molecule is C[C@H](Cc1ccoc1)NC(=O)c1ccc2ccccc2c1. The number of hydrogen-bond donors (Lipinski definition) is 1. The Morgan fingerprint density at radius 3 is 2.71 bits per heavy atom. The number of furan rings is 1. The van der Waals surface area contributed by atoms with Crippen molar-refractivity contribution in [1.82, 2.24) is 5.32 Å². The molecule has 0 bridgehead atoms. The highest BCUT2D eigenvalue weighted by Gasteiger charge is 2.11. The molecule has 0 aliphatic heterocycles. The Labute approximate surface area is 123 Å². The zero-order chi connectivity index (χ0) is 14.7. The predicted molar refractivity (Wildman–Crippen MR) is 83.3 cm³/mol. The maximum Gasteiger partial charge on any atom is 0.251 e. The molecule has 1 heterocycles. The van der Waals surface area contributed by atoms with E-state index in [9.17, 15) is 4.79 Å². The van der Waals surface area contributed by atoms with Gasteiger partial charge in [-0.25, -0.2) is 0 Å². The minimum Gasteiger partial charge on any atom is -0.472 e. The van der Waals surface area contributed by atoms with Crippen molar-refractivity contribution in [3.05, 3.63) is 72.2 Å². The average Bonchev–Trinajstić information content (AvgIpc) is 2.99. The fraction of sp³-hybridized carbons (Fsp3) is 0.167. The number of nitrogens with one attached hydrogen (secondary N) is 1. The van der Waals surface area contributed by atoms with Gasteiger partial charge in [-0.1, -0.05) is 30.3 Å². The summed E-state index contributed by atoms with van der Waals surface area (Å²) in [5.74, 6) is -0.0447. The predicted octanol–water partition coefficient (Wildman–Crippen LogP) is 3.79. The molecule has 1 atom stereocenters. The number of amides is 1. The summed E-state index contributed by atoms with van der Waals surface area (Å²) in [6.45, 7) is 1.99. The highest BCUT2D eigenvalue weighted by Crippen LogP contribution is 2.15. The molecule has 2 aromatic carbocycles. The number of benzene rings is 2. The summed E-state index contributed by atoms with van der Waals surface area (Å²) >= 11 is 0. The van der Waals surface area contributed by atoms with Crippen LogP contribution in [0.2, 0.25) is 0 Å². The van der Waals surface area contributed by atoms with Crippen molar-refractivity contribution < 1.29 is 9.21 Å². The fourth-order valence-corrected chi connectivity index (χ4v) is 2.45. The zero-order valence-corrected chi connectivity index (χ0v) is 11.9. The largest absolute Gasteiger partial charge is 0.472 e. The lowest BCUT2D eigenvalue weighted by Crippen LogP contribution is -2.33. The van der Waals surface area contributed by atoms with E-state index in [-0.39, 0.29) is 11.9 Å². The van der Waals surface area contributed by atoms with Gasteiger partial charge in [-0.2, -0.15) is 0 Å². The van der Waals surface area contributed by atoms with Gasteiger partial charge in [0.05, 0.1) is 12.5 Å².